The van der Waals surface area contributed by atoms with E-state index in [1.54, 1.807) is 12.1 Å². The number of morpholine rings is 1. The fraction of sp³-hybridized carbons (Fsp3) is 0.462. The number of rotatable bonds is 4. The van der Waals surface area contributed by atoms with Crippen molar-refractivity contribution in [1.29, 1.82) is 0 Å². The Balaban J connectivity index is 0.00000180. The number of hydrogen-bond acceptors (Lipinski definition) is 4. The number of carbonyl (C=O) groups excluding carboxylic acids is 1. The van der Waals surface area contributed by atoms with Gasteiger partial charge in [-0.3, -0.25) is 4.90 Å². The summed E-state index contributed by atoms with van der Waals surface area (Å²) in [5, 5.41) is 0. The van der Waals surface area contributed by atoms with Gasteiger partial charge in [0.1, 0.15) is 6.61 Å². The third kappa shape index (κ3) is 5.48. The topological polar surface area (TPSA) is 38.8 Å². The van der Waals surface area contributed by atoms with Gasteiger partial charge in [0, 0.05) is 24.1 Å². The summed E-state index contributed by atoms with van der Waals surface area (Å²) in [6.45, 7) is 4.54. The first-order chi connectivity index (χ1) is 8.75. The molecule has 0 aliphatic carbocycles. The van der Waals surface area contributed by atoms with Crippen LogP contribution in [0.2, 0.25) is 0 Å². The van der Waals surface area contributed by atoms with E-state index >= 15 is 0 Å². The molecule has 1 saturated heterocycles. The lowest BCUT2D eigenvalue weighted by Crippen LogP contribution is -2.38. The number of halogens is 2. The molecule has 0 saturated carbocycles. The standard InChI is InChI=1S/C13H16BrNO3.ClH/c14-12-3-1-2-11(10-12)13(16)18-9-6-15-4-7-17-8-5-15;/h1-3,10H,4-9H2;1H. The van der Waals surface area contributed by atoms with Crippen LogP contribution < -0.4 is 0 Å². The molecule has 0 radical (unpaired) electrons. The molecule has 0 aromatic heterocycles. The SMILES string of the molecule is Cl.O=C(OCCN1CCOCC1)c1cccc(Br)c1. The molecule has 1 fully saturated rings. The predicted octanol–water partition coefficient (Wildman–Crippen LogP) is 2.36. The maximum absolute atomic E-state index is 11.8. The van der Waals surface area contributed by atoms with Crippen LogP contribution in [0.1, 0.15) is 10.4 Å². The fourth-order valence-corrected chi connectivity index (χ4v) is 2.19. The van der Waals surface area contributed by atoms with Gasteiger partial charge in [0.15, 0.2) is 0 Å². The number of carbonyl (C=O) groups is 1. The minimum Gasteiger partial charge on any atom is -0.461 e. The molecule has 1 heterocycles. The lowest BCUT2D eigenvalue weighted by atomic mass is 10.2. The molecule has 0 atom stereocenters. The van der Waals surface area contributed by atoms with Gasteiger partial charge in [0.25, 0.3) is 0 Å². The second-order valence-electron chi connectivity index (χ2n) is 4.10. The van der Waals surface area contributed by atoms with Crippen molar-refractivity contribution < 1.29 is 14.3 Å². The third-order valence-electron chi connectivity index (χ3n) is 2.80. The Labute approximate surface area is 127 Å². The summed E-state index contributed by atoms with van der Waals surface area (Å²) in [6, 6.07) is 7.21. The van der Waals surface area contributed by atoms with E-state index in [9.17, 15) is 4.79 Å². The maximum atomic E-state index is 11.8. The third-order valence-corrected chi connectivity index (χ3v) is 3.30. The van der Waals surface area contributed by atoms with Crippen LogP contribution in [0.25, 0.3) is 0 Å². The largest absolute Gasteiger partial charge is 0.461 e. The van der Waals surface area contributed by atoms with Crippen molar-refractivity contribution in [3.8, 4) is 0 Å². The quantitative estimate of drug-likeness (QED) is 0.782. The molecule has 1 aromatic carbocycles. The molecule has 0 unspecified atom stereocenters. The molecular weight excluding hydrogens is 334 g/mol. The van der Waals surface area contributed by atoms with E-state index in [2.05, 4.69) is 20.8 Å². The number of ether oxygens (including phenoxy) is 2. The highest BCUT2D eigenvalue weighted by molar-refractivity contribution is 9.10. The summed E-state index contributed by atoms with van der Waals surface area (Å²) in [5.74, 6) is -0.274. The Morgan fingerprint density at radius 3 is 2.79 bits per heavy atom. The highest BCUT2D eigenvalue weighted by Crippen LogP contribution is 2.12. The summed E-state index contributed by atoms with van der Waals surface area (Å²) in [6.07, 6.45) is 0. The number of hydrogen-bond donors (Lipinski definition) is 0. The zero-order valence-corrected chi connectivity index (χ0v) is 12.9. The van der Waals surface area contributed by atoms with E-state index < -0.39 is 0 Å². The van der Waals surface area contributed by atoms with Gasteiger partial charge in [-0.15, -0.1) is 12.4 Å². The molecule has 19 heavy (non-hydrogen) atoms. The highest BCUT2D eigenvalue weighted by atomic mass is 79.9. The lowest BCUT2D eigenvalue weighted by Gasteiger charge is -2.26. The van der Waals surface area contributed by atoms with Crippen LogP contribution in [-0.4, -0.2) is 50.3 Å². The average Bonchev–Trinajstić information content (AvgIpc) is 2.40. The molecule has 0 amide bonds. The number of benzene rings is 1. The maximum Gasteiger partial charge on any atom is 0.338 e. The van der Waals surface area contributed by atoms with Crippen LogP contribution in [0.3, 0.4) is 0 Å². The molecule has 1 aliphatic heterocycles. The minimum atomic E-state index is -0.274. The van der Waals surface area contributed by atoms with Crippen LogP contribution in [0.4, 0.5) is 0 Å². The van der Waals surface area contributed by atoms with Crippen molar-refractivity contribution >= 4 is 34.3 Å². The van der Waals surface area contributed by atoms with E-state index in [1.807, 2.05) is 12.1 Å². The highest BCUT2D eigenvalue weighted by Gasteiger charge is 2.12. The molecule has 1 aromatic rings. The molecule has 2 rings (SSSR count). The molecule has 1 aliphatic rings. The minimum absolute atomic E-state index is 0. The van der Waals surface area contributed by atoms with Gasteiger partial charge in [0.2, 0.25) is 0 Å². The monoisotopic (exact) mass is 349 g/mol. The van der Waals surface area contributed by atoms with Gasteiger partial charge in [-0.1, -0.05) is 22.0 Å². The van der Waals surface area contributed by atoms with Crippen molar-refractivity contribution in [2.75, 3.05) is 39.5 Å². The molecule has 0 N–H and O–H groups in total. The van der Waals surface area contributed by atoms with Crippen LogP contribution in [0.5, 0.6) is 0 Å². The van der Waals surface area contributed by atoms with Gasteiger partial charge < -0.3 is 9.47 Å². The Morgan fingerprint density at radius 1 is 1.37 bits per heavy atom. The molecule has 0 bridgehead atoms. The van der Waals surface area contributed by atoms with Crippen LogP contribution in [-0.2, 0) is 9.47 Å². The van der Waals surface area contributed by atoms with E-state index in [-0.39, 0.29) is 18.4 Å². The Hall–Kier alpha value is -0.620. The predicted molar refractivity (Wildman–Crippen MR) is 78.9 cm³/mol. The van der Waals surface area contributed by atoms with Crippen molar-refractivity contribution in [3.05, 3.63) is 34.3 Å². The van der Waals surface area contributed by atoms with Crippen molar-refractivity contribution in [1.82, 2.24) is 4.90 Å². The smallest absolute Gasteiger partial charge is 0.338 e. The first kappa shape index (κ1) is 16.4. The number of esters is 1. The lowest BCUT2D eigenvalue weighted by molar-refractivity contribution is 0.0195. The van der Waals surface area contributed by atoms with Gasteiger partial charge in [0.05, 0.1) is 18.8 Å². The average molecular weight is 351 g/mol. The van der Waals surface area contributed by atoms with Gasteiger partial charge in [-0.2, -0.15) is 0 Å². The molecule has 4 nitrogen and oxygen atoms in total. The van der Waals surface area contributed by atoms with E-state index in [1.165, 1.54) is 0 Å². The second-order valence-corrected chi connectivity index (χ2v) is 5.02. The van der Waals surface area contributed by atoms with Crippen molar-refractivity contribution in [2.45, 2.75) is 0 Å². The summed E-state index contributed by atoms with van der Waals surface area (Å²) in [4.78, 5) is 14.0. The van der Waals surface area contributed by atoms with Gasteiger partial charge in [-0.25, -0.2) is 4.79 Å². The zero-order chi connectivity index (χ0) is 12.8. The summed E-state index contributed by atoms with van der Waals surface area (Å²) < 4.78 is 11.4. The normalized spacial score (nSPS) is 15.6. The second kappa shape index (κ2) is 8.53. The fourth-order valence-electron chi connectivity index (χ4n) is 1.79. The molecule has 6 heteroatoms. The first-order valence-electron chi connectivity index (χ1n) is 5.98. The Morgan fingerprint density at radius 2 is 2.11 bits per heavy atom. The summed E-state index contributed by atoms with van der Waals surface area (Å²) in [7, 11) is 0. The van der Waals surface area contributed by atoms with Crippen molar-refractivity contribution in [3.63, 3.8) is 0 Å². The van der Waals surface area contributed by atoms with Crippen LogP contribution in [0.15, 0.2) is 28.7 Å². The van der Waals surface area contributed by atoms with E-state index in [0.29, 0.717) is 12.2 Å². The Bertz CT molecular complexity index is 411. The summed E-state index contributed by atoms with van der Waals surface area (Å²) >= 11 is 3.33. The zero-order valence-electron chi connectivity index (χ0n) is 10.5. The molecular formula is C13H17BrClNO3. The Kier molecular flexibility index (Phi) is 7.38. The van der Waals surface area contributed by atoms with E-state index in [0.717, 1.165) is 37.3 Å². The number of nitrogens with zero attached hydrogens (tertiary/aromatic N) is 1. The molecule has 106 valence electrons. The van der Waals surface area contributed by atoms with Crippen molar-refractivity contribution in [2.24, 2.45) is 0 Å². The van der Waals surface area contributed by atoms with Gasteiger partial charge in [-0.05, 0) is 18.2 Å². The van der Waals surface area contributed by atoms with Gasteiger partial charge >= 0.3 is 5.97 Å². The summed E-state index contributed by atoms with van der Waals surface area (Å²) in [5.41, 5.74) is 0.575. The first-order valence-corrected chi connectivity index (χ1v) is 6.78. The molecule has 0 spiro atoms. The van der Waals surface area contributed by atoms with Crippen LogP contribution in [0, 0.1) is 0 Å². The van der Waals surface area contributed by atoms with Crippen LogP contribution >= 0.6 is 28.3 Å². The van der Waals surface area contributed by atoms with E-state index in [4.69, 9.17) is 9.47 Å².